The second-order valence-electron chi connectivity index (χ2n) is 11.2. The second kappa shape index (κ2) is 12.4. The Bertz CT molecular complexity index is 881. The molecule has 3 rings (SSSR count). The molecule has 8 heteroatoms. The maximum absolute atomic E-state index is 14.4. The number of carbonyl (C=O) groups is 3. The number of amides is 3. The van der Waals surface area contributed by atoms with Crippen LogP contribution in [0, 0.1) is 11.8 Å². The highest BCUT2D eigenvalue weighted by atomic mass is 32.2. The molecule has 1 spiro atoms. The largest absolute Gasteiger partial charge is 0.396 e. The van der Waals surface area contributed by atoms with Crippen molar-refractivity contribution in [1.29, 1.82) is 0 Å². The summed E-state index contributed by atoms with van der Waals surface area (Å²) in [5, 5.41) is 9.39. The van der Waals surface area contributed by atoms with E-state index in [0.717, 1.165) is 32.1 Å². The number of unbranched alkanes of at least 4 members (excludes halogenated alkanes) is 1. The van der Waals surface area contributed by atoms with Gasteiger partial charge in [0, 0.05) is 43.6 Å². The summed E-state index contributed by atoms with van der Waals surface area (Å²) in [5.41, 5.74) is 0. The monoisotopic (exact) mass is 533 g/mol. The lowest BCUT2D eigenvalue weighted by Gasteiger charge is -2.39. The molecular formula is C29H47N3O4S. The molecule has 0 saturated carbocycles. The van der Waals surface area contributed by atoms with Crippen LogP contribution in [-0.2, 0) is 14.4 Å². The van der Waals surface area contributed by atoms with Crippen LogP contribution in [0.5, 0.6) is 0 Å². The van der Waals surface area contributed by atoms with Crippen LogP contribution in [-0.4, -0.2) is 91.9 Å². The predicted molar refractivity (Wildman–Crippen MR) is 150 cm³/mol. The maximum Gasteiger partial charge on any atom is 0.247 e. The molecule has 0 aromatic carbocycles. The van der Waals surface area contributed by atoms with E-state index in [0.29, 0.717) is 39.0 Å². The van der Waals surface area contributed by atoms with Gasteiger partial charge in [-0.1, -0.05) is 32.4 Å². The molecule has 3 amide bonds. The van der Waals surface area contributed by atoms with Crippen molar-refractivity contribution in [3.8, 4) is 0 Å². The topological polar surface area (TPSA) is 81.2 Å². The molecule has 0 radical (unpaired) electrons. The first-order chi connectivity index (χ1) is 17.7. The van der Waals surface area contributed by atoms with E-state index in [9.17, 15) is 19.5 Å². The standard InChI is InChI=1S/C29H47N3O4S/c1-7-13-21(5)31(18-10-4)27(36)24-29-15-14-28(6,37-29)22(25(34)30(16-8-2)17-9-3)23(29)26(35)32(24)19-11-12-20-33/h8,10,21-24,33H,2,4,7,9,11-20H2,1,3,5-6H3/t21?,22-,23+,24?,28+,29?/m1/s1. The van der Waals surface area contributed by atoms with Gasteiger partial charge < -0.3 is 19.8 Å². The third kappa shape index (κ3) is 5.25. The summed E-state index contributed by atoms with van der Waals surface area (Å²) in [7, 11) is 0. The quantitative estimate of drug-likeness (QED) is 0.255. The van der Waals surface area contributed by atoms with Crippen molar-refractivity contribution in [2.45, 2.75) is 94.2 Å². The van der Waals surface area contributed by atoms with Gasteiger partial charge in [-0.2, -0.15) is 0 Å². The highest BCUT2D eigenvalue weighted by Crippen LogP contribution is 2.71. The van der Waals surface area contributed by atoms with Crippen LogP contribution in [0.15, 0.2) is 25.3 Å². The van der Waals surface area contributed by atoms with Crippen LogP contribution < -0.4 is 0 Å². The number of fused-ring (bicyclic) bond motifs is 1. The molecule has 3 aliphatic rings. The number of aliphatic hydroxyl groups is 1. The Balaban J connectivity index is 2.06. The summed E-state index contributed by atoms with van der Waals surface area (Å²) in [6.07, 6.45) is 8.93. The van der Waals surface area contributed by atoms with Crippen LogP contribution in [0.4, 0.5) is 0 Å². The predicted octanol–water partition coefficient (Wildman–Crippen LogP) is 3.87. The molecule has 3 heterocycles. The van der Waals surface area contributed by atoms with Gasteiger partial charge >= 0.3 is 0 Å². The third-order valence-electron chi connectivity index (χ3n) is 8.59. The fourth-order valence-corrected chi connectivity index (χ4v) is 9.33. The van der Waals surface area contributed by atoms with E-state index in [1.165, 1.54) is 0 Å². The average Bonchev–Trinajstić information content (AvgIpc) is 3.42. The Morgan fingerprint density at radius 1 is 1.16 bits per heavy atom. The number of thioether (sulfide) groups is 1. The lowest BCUT2D eigenvalue weighted by molar-refractivity contribution is -0.146. The van der Waals surface area contributed by atoms with Crippen molar-refractivity contribution in [3.05, 3.63) is 25.3 Å². The van der Waals surface area contributed by atoms with E-state index in [-0.39, 0.29) is 35.1 Å². The first-order valence-corrected chi connectivity index (χ1v) is 14.9. The van der Waals surface area contributed by atoms with Crippen molar-refractivity contribution in [2.75, 3.05) is 32.8 Å². The number of carbonyl (C=O) groups excluding carboxylic acids is 3. The molecule has 37 heavy (non-hydrogen) atoms. The first kappa shape index (κ1) is 29.8. The summed E-state index contributed by atoms with van der Waals surface area (Å²) in [4.78, 5) is 48.1. The molecule has 208 valence electrons. The van der Waals surface area contributed by atoms with Crippen molar-refractivity contribution >= 4 is 29.5 Å². The Kier molecular flexibility index (Phi) is 9.95. The molecule has 3 saturated heterocycles. The number of rotatable bonds is 15. The average molecular weight is 534 g/mol. The minimum absolute atomic E-state index is 0.0161. The molecule has 0 aromatic heterocycles. The van der Waals surface area contributed by atoms with Gasteiger partial charge in [-0.25, -0.2) is 0 Å². The van der Waals surface area contributed by atoms with E-state index in [2.05, 4.69) is 33.9 Å². The van der Waals surface area contributed by atoms with Gasteiger partial charge in [0.2, 0.25) is 17.7 Å². The molecule has 0 aliphatic carbocycles. The van der Waals surface area contributed by atoms with Crippen molar-refractivity contribution in [2.24, 2.45) is 11.8 Å². The van der Waals surface area contributed by atoms with Gasteiger partial charge in [-0.3, -0.25) is 14.4 Å². The zero-order chi connectivity index (χ0) is 27.4. The highest BCUT2D eigenvalue weighted by molar-refractivity contribution is 8.02. The van der Waals surface area contributed by atoms with E-state index in [1.54, 1.807) is 28.8 Å². The number of hydrogen-bond acceptors (Lipinski definition) is 5. The first-order valence-electron chi connectivity index (χ1n) is 14.1. The van der Waals surface area contributed by atoms with Crippen molar-refractivity contribution in [1.82, 2.24) is 14.7 Å². The van der Waals surface area contributed by atoms with Gasteiger partial charge in [-0.15, -0.1) is 24.9 Å². The lowest BCUT2D eigenvalue weighted by Crippen LogP contribution is -2.56. The SMILES string of the molecule is C=CCN(CCC)C(=O)[C@H]1[C@H]2C(=O)N(CCCCO)C(C(=O)N(CC=C)C(C)CCC)C23CC[C@]1(C)S3. The molecule has 3 fully saturated rings. The summed E-state index contributed by atoms with van der Waals surface area (Å²) in [6.45, 7) is 18.1. The summed E-state index contributed by atoms with van der Waals surface area (Å²) < 4.78 is -0.988. The van der Waals surface area contributed by atoms with Gasteiger partial charge in [-0.05, 0) is 52.4 Å². The van der Waals surface area contributed by atoms with Crippen LogP contribution in [0.3, 0.4) is 0 Å². The Hall–Kier alpha value is -1.80. The lowest BCUT2D eigenvalue weighted by atomic mass is 9.66. The van der Waals surface area contributed by atoms with Gasteiger partial charge in [0.25, 0.3) is 0 Å². The Morgan fingerprint density at radius 2 is 1.86 bits per heavy atom. The normalized spacial score (nSPS) is 30.8. The summed E-state index contributed by atoms with van der Waals surface area (Å²) in [5.74, 6) is -1.04. The van der Waals surface area contributed by atoms with E-state index < -0.39 is 22.6 Å². The van der Waals surface area contributed by atoms with Crippen molar-refractivity contribution < 1.29 is 19.5 Å². The Labute approximate surface area is 227 Å². The highest BCUT2D eigenvalue weighted by Gasteiger charge is 2.77. The molecule has 3 unspecified atom stereocenters. The van der Waals surface area contributed by atoms with Crippen LogP contribution in [0.25, 0.3) is 0 Å². The van der Waals surface area contributed by atoms with Gasteiger partial charge in [0.15, 0.2) is 0 Å². The zero-order valence-electron chi connectivity index (χ0n) is 23.3. The van der Waals surface area contributed by atoms with Crippen LogP contribution in [0.2, 0.25) is 0 Å². The molecule has 6 atom stereocenters. The fourth-order valence-electron chi connectivity index (χ4n) is 6.99. The number of nitrogens with zero attached hydrogens (tertiary/aromatic N) is 3. The van der Waals surface area contributed by atoms with Crippen LogP contribution >= 0.6 is 11.8 Å². The van der Waals surface area contributed by atoms with Gasteiger partial charge in [0.1, 0.15) is 6.04 Å². The van der Waals surface area contributed by atoms with Gasteiger partial charge in [0.05, 0.1) is 16.6 Å². The minimum Gasteiger partial charge on any atom is -0.396 e. The second-order valence-corrected chi connectivity index (χ2v) is 13.1. The maximum atomic E-state index is 14.4. The smallest absolute Gasteiger partial charge is 0.247 e. The van der Waals surface area contributed by atoms with Crippen LogP contribution in [0.1, 0.15) is 72.6 Å². The molecular weight excluding hydrogens is 486 g/mol. The summed E-state index contributed by atoms with van der Waals surface area (Å²) >= 11 is 1.73. The number of likely N-dealkylation sites (tertiary alicyclic amines) is 1. The fraction of sp³-hybridized carbons (Fsp3) is 0.759. The Morgan fingerprint density at radius 3 is 2.46 bits per heavy atom. The van der Waals surface area contributed by atoms with Crippen molar-refractivity contribution in [3.63, 3.8) is 0 Å². The molecule has 1 N–H and O–H groups in total. The third-order valence-corrected chi connectivity index (χ3v) is 10.6. The number of hydrogen-bond donors (Lipinski definition) is 1. The molecule has 3 aliphatic heterocycles. The molecule has 2 bridgehead atoms. The van der Waals surface area contributed by atoms with E-state index in [1.807, 2.05) is 16.7 Å². The molecule has 7 nitrogen and oxygen atoms in total. The zero-order valence-corrected chi connectivity index (χ0v) is 24.1. The number of aliphatic hydroxyl groups excluding tert-OH is 1. The van der Waals surface area contributed by atoms with E-state index in [4.69, 9.17) is 0 Å². The summed E-state index contributed by atoms with van der Waals surface area (Å²) in [6, 6.07) is -0.573. The minimum atomic E-state index is -0.611. The van der Waals surface area contributed by atoms with E-state index >= 15 is 0 Å². The molecule has 0 aromatic rings.